The third kappa shape index (κ3) is 2.64. The summed E-state index contributed by atoms with van der Waals surface area (Å²) in [6.07, 6.45) is 0. The van der Waals surface area contributed by atoms with E-state index < -0.39 is 0 Å². The van der Waals surface area contributed by atoms with E-state index >= 15 is 0 Å². The van der Waals surface area contributed by atoms with Crippen molar-refractivity contribution in [1.29, 1.82) is 0 Å². The summed E-state index contributed by atoms with van der Waals surface area (Å²) in [4.78, 5) is 4.69. The molecule has 0 unspecified atom stereocenters. The Balaban J connectivity index is 2.43. The largest absolute Gasteiger partial charge is 0.483 e. The van der Waals surface area contributed by atoms with Gasteiger partial charge in [0.05, 0.1) is 7.11 Å². The van der Waals surface area contributed by atoms with E-state index in [4.69, 9.17) is 4.74 Å². The van der Waals surface area contributed by atoms with Crippen LogP contribution in [0.25, 0.3) is 0 Å². The monoisotopic (exact) mass is 198 g/mol. The van der Waals surface area contributed by atoms with E-state index in [0.29, 0.717) is 0 Å². The van der Waals surface area contributed by atoms with Gasteiger partial charge in [0.2, 0.25) is 0 Å². The van der Waals surface area contributed by atoms with E-state index in [2.05, 4.69) is 37.1 Å². The highest BCUT2D eigenvalue weighted by Crippen LogP contribution is 2.17. The van der Waals surface area contributed by atoms with Crippen molar-refractivity contribution in [3.05, 3.63) is 12.5 Å². The molecule has 0 aromatic heterocycles. The zero-order valence-corrected chi connectivity index (χ0v) is 9.84. The molecule has 0 aromatic carbocycles. The van der Waals surface area contributed by atoms with Gasteiger partial charge in [0.1, 0.15) is 0 Å². The molecule has 1 fully saturated rings. The Morgan fingerprint density at radius 3 is 2.00 bits per heavy atom. The van der Waals surface area contributed by atoms with Crippen molar-refractivity contribution in [1.82, 2.24) is 9.80 Å². The van der Waals surface area contributed by atoms with Gasteiger partial charge in [-0.05, 0) is 27.4 Å². The highest BCUT2D eigenvalue weighted by molar-refractivity contribution is 4.89. The van der Waals surface area contributed by atoms with Crippen LogP contribution in [-0.2, 0) is 4.74 Å². The van der Waals surface area contributed by atoms with Crippen LogP contribution in [0.1, 0.15) is 20.8 Å². The average molecular weight is 198 g/mol. The Morgan fingerprint density at radius 2 is 1.64 bits per heavy atom. The first-order valence-corrected chi connectivity index (χ1v) is 5.18. The summed E-state index contributed by atoms with van der Waals surface area (Å²) < 4.78 is 5.12. The molecule has 0 N–H and O–H groups in total. The molecule has 0 saturated carbocycles. The summed E-state index contributed by atoms with van der Waals surface area (Å²) >= 11 is 0. The molecule has 0 radical (unpaired) electrons. The highest BCUT2D eigenvalue weighted by atomic mass is 16.5. The maximum Gasteiger partial charge on any atom is 0.181 e. The van der Waals surface area contributed by atoms with Crippen LogP contribution >= 0.6 is 0 Å². The van der Waals surface area contributed by atoms with Gasteiger partial charge in [-0.15, -0.1) is 0 Å². The van der Waals surface area contributed by atoms with Crippen LogP contribution in [0, 0.1) is 0 Å². The molecule has 3 heteroatoms. The number of methoxy groups -OCH3 is 1. The van der Waals surface area contributed by atoms with Crippen molar-refractivity contribution >= 4 is 0 Å². The van der Waals surface area contributed by atoms with Gasteiger partial charge < -0.3 is 9.64 Å². The van der Waals surface area contributed by atoms with Crippen molar-refractivity contribution in [2.75, 3.05) is 33.3 Å². The highest BCUT2D eigenvalue weighted by Gasteiger charge is 2.26. The summed E-state index contributed by atoms with van der Waals surface area (Å²) in [7, 11) is 1.68. The van der Waals surface area contributed by atoms with Gasteiger partial charge in [0, 0.05) is 31.7 Å². The Bertz CT molecular complexity index is 200. The van der Waals surface area contributed by atoms with Gasteiger partial charge in [-0.2, -0.15) is 0 Å². The Kier molecular flexibility index (Phi) is 3.43. The van der Waals surface area contributed by atoms with E-state index in [-0.39, 0.29) is 5.54 Å². The Labute approximate surface area is 87.3 Å². The SMILES string of the molecule is C=C(OC)N1CCN(C(C)(C)C)CC1. The van der Waals surface area contributed by atoms with Crippen molar-refractivity contribution in [2.45, 2.75) is 26.3 Å². The van der Waals surface area contributed by atoms with Crippen molar-refractivity contribution in [2.24, 2.45) is 0 Å². The summed E-state index contributed by atoms with van der Waals surface area (Å²) in [6, 6.07) is 0. The lowest BCUT2D eigenvalue weighted by Gasteiger charge is -2.42. The molecule has 0 amide bonds. The predicted molar refractivity (Wildman–Crippen MR) is 59.0 cm³/mol. The first-order valence-electron chi connectivity index (χ1n) is 5.18. The molecule has 0 bridgehead atoms. The predicted octanol–water partition coefficient (Wildman–Crippen LogP) is 1.52. The first-order chi connectivity index (χ1) is 6.45. The van der Waals surface area contributed by atoms with Crippen LogP contribution < -0.4 is 0 Å². The topological polar surface area (TPSA) is 15.7 Å². The number of nitrogens with zero attached hydrogens (tertiary/aromatic N) is 2. The van der Waals surface area contributed by atoms with E-state index in [0.717, 1.165) is 32.1 Å². The number of hydrogen-bond donors (Lipinski definition) is 0. The molecule has 0 aromatic rings. The second-order valence-electron chi connectivity index (χ2n) is 4.74. The van der Waals surface area contributed by atoms with E-state index in [1.807, 2.05) is 0 Å². The maximum atomic E-state index is 5.12. The smallest absolute Gasteiger partial charge is 0.181 e. The molecule has 1 heterocycles. The molecule has 1 aliphatic rings. The van der Waals surface area contributed by atoms with E-state index in [1.165, 1.54) is 0 Å². The molecule has 0 aliphatic carbocycles. The van der Waals surface area contributed by atoms with Crippen molar-refractivity contribution < 1.29 is 4.74 Å². The van der Waals surface area contributed by atoms with Crippen LogP contribution in [-0.4, -0.2) is 48.6 Å². The van der Waals surface area contributed by atoms with Gasteiger partial charge in [0.25, 0.3) is 0 Å². The second kappa shape index (κ2) is 4.22. The van der Waals surface area contributed by atoms with Gasteiger partial charge >= 0.3 is 0 Å². The van der Waals surface area contributed by atoms with Gasteiger partial charge in [-0.25, -0.2) is 0 Å². The summed E-state index contributed by atoms with van der Waals surface area (Å²) in [5.74, 6) is 0.790. The quantitative estimate of drug-likeness (QED) is 0.626. The fourth-order valence-corrected chi connectivity index (χ4v) is 1.76. The van der Waals surface area contributed by atoms with E-state index in [9.17, 15) is 0 Å². The number of ether oxygens (including phenoxy) is 1. The minimum atomic E-state index is 0.278. The van der Waals surface area contributed by atoms with E-state index in [1.54, 1.807) is 7.11 Å². The third-order valence-corrected chi connectivity index (χ3v) is 2.82. The van der Waals surface area contributed by atoms with Crippen molar-refractivity contribution in [3.8, 4) is 0 Å². The van der Waals surface area contributed by atoms with Gasteiger partial charge in [0.15, 0.2) is 5.88 Å². The van der Waals surface area contributed by atoms with Gasteiger partial charge in [-0.3, -0.25) is 4.90 Å². The minimum Gasteiger partial charge on any atom is -0.483 e. The zero-order chi connectivity index (χ0) is 10.8. The minimum absolute atomic E-state index is 0.278. The summed E-state index contributed by atoms with van der Waals surface area (Å²) in [6.45, 7) is 14.9. The molecular weight excluding hydrogens is 176 g/mol. The lowest BCUT2D eigenvalue weighted by molar-refractivity contribution is 0.0469. The molecule has 1 rings (SSSR count). The van der Waals surface area contributed by atoms with Crippen molar-refractivity contribution in [3.63, 3.8) is 0 Å². The standard InChI is InChI=1S/C11H22N2O/c1-10(14-5)12-6-8-13(9-7-12)11(2,3)4/h1,6-9H2,2-5H3. The Morgan fingerprint density at radius 1 is 1.14 bits per heavy atom. The Hall–Kier alpha value is -0.700. The fraction of sp³-hybridized carbons (Fsp3) is 0.818. The van der Waals surface area contributed by atoms with Crippen LogP contribution in [0.15, 0.2) is 12.5 Å². The fourth-order valence-electron chi connectivity index (χ4n) is 1.76. The molecule has 82 valence electrons. The lowest BCUT2D eigenvalue weighted by atomic mass is 10.1. The lowest BCUT2D eigenvalue weighted by Crippen LogP contribution is -2.53. The van der Waals surface area contributed by atoms with Gasteiger partial charge in [-0.1, -0.05) is 0 Å². The van der Waals surface area contributed by atoms with Crippen LogP contribution in [0.5, 0.6) is 0 Å². The molecule has 3 nitrogen and oxygen atoms in total. The molecular formula is C11H22N2O. The molecule has 1 saturated heterocycles. The molecule has 14 heavy (non-hydrogen) atoms. The second-order valence-corrected chi connectivity index (χ2v) is 4.74. The first kappa shape index (κ1) is 11.4. The number of rotatable bonds is 2. The molecule has 1 aliphatic heterocycles. The zero-order valence-electron chi connectivity index (χ0n) is 9.84. The number of piperazine rings is 1. The van der Waals surface area contributed by atoms with Crippen LogP contribution in [0.4, 0.5) is 0 Å². The van der Waals surface area contributed by atoms with Crippen LogP contribution in [0.2, 0.25) is 0 Å². The van der Waals surface area contributed by atoms with Crippen LogP contribution in [0.3, 0.4) is 0 Å². The average Bonchev–Trinajstić information content (AvgIpc) is 2.15. The summed E-state index contributed by atoms with van der Waals surface area (Å²) in [5.41, 5.74) is 0.278. The molecule has 0 spiro atoms. The normalized spacial score (nSPS) is 19.6. The summed E-state index contributed by atoms with van der Waals surface area (Å²) in [5, 5.41) is 0. The molecule has 0 atom stereocenters. The number of hydrogen-bond acceptors (Lipinski definition) is 3. The third-order valence-electron chi connectivity index (χ3n) is 2.82. The maximum absolute atomic E-state index is 5.12.